The smallest absolute Gasteiger partial charge is 0.157 e. The van der Waals surface area contributed by atoms with Crippen molar-refractivity contribution in [2.24, 2.45) is 0 Å². The summed E-state index contributed by atoms with van der Waals surface area (Å²) in [5, 5.41) is 7.71. The molecule has 1 aliphatic rings. The Morgan fingerprint density at radius 3 is 2.90 bits per heavy atom. The van der Waals surface area contributed by atoms with Crippen LogP contribution in [0.4, 0.5) is 0 Å². The number of hydrogen-bond donors (Lipinski definition) is 1. The van der Waals surface area contributed by atoms with Crippen molar-refractivity contribution in [1.82, 2.24) is 15.1 Å². The van der Waals surface area contributed by atoms with Crippen LogP contribution in [-0.4, -0.2) is 29.0 Å². The summed E-state index contributed by atoms with van der Waals surface area (Å²) in [6.07, 6.45) is 6.23. The number of rotatable bonds is 4. The van der Waals surface area contributed by atoms with E-state index in [9.17, 15) is 0 Å². The fraction of sp³-hybridized carbons (Fsp3) is 0.400. The highest BCUT2D eigenvalue weighted by molar-refractivity contribution is 9.10. The molecule has 1 aromatic carbocycles. The van der Waals surface area contributed by atoms with Crippen LogP contribution >= 0.6 is 28.3 Å². The Morgan fingerprint density at radius 1 is 1.33 bits per heavy atom. The monoisotopic (exact) mass is 371 g/mol. The predicted molar refractivity (Wildman–Crippen MR) is 89.2 cm³/mol. The average molecular weight is 373 g/mol. The molecule has 0 amide bonds. The Hall–Kier alpha value is -1.04. The van der Waals surface area contributed by atoms with E-state index in [1.807, 2.05) is 23.0 Å². The van der Waals surface area contributed by atoms with Crippen LogP contribution in [-0.2, 0) is 6.54 Å². The molecule has 0 radical (unpaired) electrons. The second-order valence-electron chi connectivity index (χ2n) is 5.07. The molecule has 3 rings (SSSR count). The Morgan fingerprint density at radius 2 is 2.14 bits per heavy atom. The summed E-state index contributed by atoms with van der Waals surface area (Å²) >= 11 is 3.49. The van der Waals surface area contributed by atoms with E-state index >= 15 is 0 Å². The Kier molecular flexibility index (Phi) is 6.08. The van der Waals surface area contributed by atoms with Gasteiger partial charge in [-0.15, -0.1) is 12.4 Å². The van der Waals surface area contributed by atoms with E-state index in [1.54, 1.807) is 6.20 Å². The van der Waals surface area contributed by atoms with E-state index in [-0.39, 0.29) is 12.4 Å². The van der Waals surface area contributed by atoms with Gasteiger partial charge in [0.1, 0.15) is 6.10 Å². The molecule has 1 aliphatic heterocycles. The first kappa shape index (κ1) is 16.3. The van der Waals surface area contributed by atoms with Crippen molar-refractivity contribution in [2.45, 2.75) is 25.5 Å². The van der Waals surface area contributed by atoms with Gasteiger partial charge in [-0.1, -0.05) is 28.1 Å². The minimum absolute atomic E-state index is 0. The zero-order valence-electron chi connectivity index (χ0n) is 11.7. The van der Waals surface area contributed by atoms with Crippen LogP contribution in [0.1, 0.15) is 18.4 Å². The van der Waals surface area contributed by atoms with Crippen molar-refractivity contribution < 1.29 is 4.74 Å². The molecule has 2 heterocycles. The summed E-state index contributed by atoms with van der Waals surface area (Å²) in [7, 11) is 0. The van der Waals surface area contributed by atoms with Gasteiger partial charge in [-0.2, -0.15) is 5.10 Å². The highest BCUT2D eigenvalue weighted by Gasteiger charge is 2.15. The van der Waals surface area contributed by atoms with Gasteiger partial charge in [0.2, 0.25) is 0 Å². The molecule has 114 valence electrons. The molecule has 0 atom stereocenters. The average Bonchev–Trinajstić information content (AvgIpc) is 2.87. The van der Waals surface area contributed by atoms with Gasteiger partial charge in [0.15, 0.2) is 5.75 Å². The lowest BCUT2D eigenvalue weighted by molar-refractivity contribution is 0.162. The third kappa shape index (κ3) is 4.73. The first-order chi connectivity index (χ1) is 9.79. The van der Waals surface area contributed by atoms with Crippen molar-refractivity contribution in [2.75, 3.05) is 13.1 Å². The standard InChI is InChI=1S/C15H18BrN3O.ClH/c16-13-3-1-2-12(8-13)10-19-11-15(9-18-19)20-14-4-6-17-7-5-14;/h1-3,8-9,11,14,17H,4-7,10H2;1H. The lowest BCUT2D eigenvalue weighted by Gasteiger charge is -2.22. The van der Waals surface area contributed by atoms with Gasteiger partial charge in [-0.3, -0.25) is 4.68 Å². The van der Waals surface area contributed by atoms with Crippen LogP contribution in [0.3, 0.4) is 0 Å². The number of hydrogen-bond acceptors (Lipinski definition) is 3. The number of halogens is 2. The van der Waals surface area contributed by atoms with Crippen molar-refractivity contribution in [1.29, 1.82) is 0 Å². The second-order valence-corrected chi connectivity index (χ2v) is 5.99. The maximum absolute atomic E-state index is 5.96. The van der Waals surface area contributed by atoms with E-state index in [2.05, 4.69) is 38.5 Å². The molecule has 21 heavy (non-hydrogen) atoms. The third-order valence-corrected chi connectivity index (χ3v) is 3.93. The quantitative estimate of drug-likeness (QED) is 0.895. The number of aromatic nitrogens is 2. The fourth-order valence-electron chi connectivity index (χ4n) is 2.42. The Labute approximate surface area is 139 Å². The summed E-state index contributed by atoms with van der Waals surface area (Å²) in [5.41, 5.74) is 1.22. The van der Waals surface area contributed by atoms with Gasteiger partial charge in [0.25, 0.3) is 0 Å². The summed E-state index contributed by atoms with van der Waals surface area (Å²) < 4.78 is 8.97. The normalized spacial score (nSPS) is 15.5. The first-order valence-electron chi connectivity index (χ1n) is 6.94. The summed E-state index contributed by atoms with van der Waals surface area (Å²) in [5.74, 6) is 0.867. The summed E-state index contributed by atoms with van der Waals surface area (Å²) in [6.45, 7) is 2.84. The lowest BCUT2D eigenvalue weighted by Crippen LogP contribution is -2.34. The Bertz CT molecular complexity index is 570. The second kappa shape index (κ2) is 7.82. The number of nitrogens with one attached hydrogen (secondary N) is 1. The van der Waals surface area contributed by atoms with Gasteiger partial charge in [0.05, 0.1) is 18.9 Å². The minimum Gasteiger partial charge on any atom is -0.487 e. The molecule has 2 aromatic rings. The number of nitrogens with zero attached hydrogens (tertiary/aromatic N) is 2. The molecule has 0 saturated carbocycles. The van der Waals surface area contributed by atoms with Crippen LogP contribution in [0.5, 0.6) is 5.75 Å². The van der Waals surface area contributed by atoms with E-state index < -0.39 is 0 Å². The van der Waals surface area contributed by atoms with Crippen LogP contribution in [0.25, 0.3) is 0 Å². The van der Waals surface area contributed by atoms with Gasteiger partial charge in [-0.05, 0) is 43.6 Å². The highest BCUT2D eigenvalue weighted by atomic mass is 79.9. The van der Waals surface area contributed by atoms with Gasteiger partial charge in [-0.25, -0.2) is 0 Å². The maximum atomic E-state index is 5.96. The zero-order chi connectivity index (χ0) is 13.8. The fourth-order valence-corrected chi connectivity index (χ4v) is 2.87. The predicted octanol–water partition coefficient (Wildman–Crippen LogP) is 3.25. The molecule has 1 saturated heterocycles. The lowest BCUT2D eigenvalue weighted by atomic mass is 10.1. The number of benzene rings is 1. The molecule has 6 heteroatoms. The van der Waals surface area contributed by atoms with Crippen LogP contribution in [0, 0.1) is 0 Å². The molecule has 1 fully saturated rings. The molecule has 0 unspecified atom stereocenters. The molecule has 0 aliphatic carbocycles. The molecule has 4 nitrogen and oxygen atoms in total. The first-order valence-corrected chi connectivity index (χ1v) is 7.73. The molecule has 0 bridgehead atoms. The van der Waals surface area contributed by atoms with E-state index in [0.29, 0.717) is 6.10 Å². The summed E-state index contributed by atoms with van der Waals surface area (Å²) in [6, 6.07) is 8.27. The van der Waals surface area contributed by atoms with Crippen molar-refractivity contribution in [3.05, 3.63) is 46.7 Å². The highest BCUT2D eigenvalue weighted by Crippen LogP contribution is 2.17. The summed E-state index contributed by atoms with van der Waals surface area (Å²) in [4.78, 5) is 0. The molecule has 1 N–H and O–H groups in total. The third-order valence-electron chi connectivity index (χ3n) is 3.43. The topological polar surface area (TPSA) is 39.1 Å². The van der Waals surface area contributed by atoms with Gasteiger partial charge < -0.3 is 10.1 Å². The van der Waals surface area contributed by atoms with Crippen LogP contribution in [0.2, 0.25) is 0 Å². The minimum atomic E-state index is 0. The molecule has 0 spiro atoms. The largest absolute Gasteiger partial charge is 0.487 e. The van der Waals surface area contributed by atoms with E-state index in [4.69, 9.17) is 4.74 Å². The van der Waals surface area contributed by atoms with E-state index in [0.717, 1.165) is 42.7 Å². The molecular weight excluding hydrogens is 354 g/mol. The van der Waals surface area contributed by atoms with Crippen LogP contribution in [0.15, 0.2) is 41.1 Å². The van der Waals surface area contributed by atoms with Crippen molar-refractivity contribution in [3.8, 4) is 5.75 Å². The molecule has 1 aromatic heterocycles. The number of ether oxygens (including phenoxy) is 1. The van der Waals surface area contributed by atoms with E-state index in [1.165, 1.54) is 5.56 Å². The van der Waals surface area contributed by atoms with Crippen LogP contribution < -0.4 is 10.1 Å². The zero-order valence-corrected chi connectivity index (χ0v) is 14.1. The molecular formula is C15H19BrClN3O. The van der Waals surface area contributed by atoms with Crippen molar-refractivity contribution in [3.63, 3.8) is 0 Å². The number of piperidine rings is 1. The SMILES string of the molecule is Brc1cccc(Cn2cc(OC3CCNCC3)cn2)c1.Cl. The van der Waals surface area contributed by atoms with Gasteiger partial charge in [0, 0.05) is 4.47 Å². The van der Waals surface area contributed by atoms with Gasteiger partial charge >= 0.3 is 0 Å². The van der Waals surface area contributed by atoms with Crippen molar-refractivity contribution >= 4 is 28.3 Å². The Balaban J connectivity index is 0.00000161. The maximum Gasteiger partial charge on any atom is 0.157 e.